The van der Waals surface area contributed by atoms with Gasteiger partial charge < -0.3 is 9.84 Å². The number of carboxylic acids is 1. The van der Waals surface area contributed by atoms with Gasteiger partial charge in [-0.25, -0.2) is 0 Å². The standard InChI is InChI=1S/C17H16O3/c1-10-7-8-11(2)16-14(10)15(17(18)19)13-6-4-3-5-12(13)9-20-16/h3-8,15H,9H2,1-2H3,(H,18,19). The Morgan fingerprint density at radius 2 is 1.85 bits per heavy atom. The quantitative estimate of drug-likeness (QED) is 0.862. The summed E-state index contributed by atoms with van der Waals surface area (Å²) in [5, 5.41) is 9.72. The predicted octanol–water partition coefficient (Wildman–Crippen LogP) is 3.41. The van der Waals surface area contributed by atoms with E-state index in [1.807, 2.05) is 50.2 Å². The molecule has 0 radical (unpaired) electrons. The molecular formula is C17H16O3. The molecule has 0 amide bonds. The lowest BCUT2D eigenvalue weighted by Crippen LogP contribution is -2.15. The minimum atomic E-state index is -0.835. The number of aryl methyl sites for hydroxylation is 2. The van der Waals surface area contributed by atoms with E-state index in [9.17, 15) is 9.90 Å². The zero-order chi connectivity index (χ0) is 14.3. The highest BCUT2D eigenvalue weighted by Gasteiger charge is 2.32. The molecule has 1 N–H and O–H groups in total. The predicted molar refractivity (Wildman–Crippen MR) is 76.2 cm³/mol. The molecule has 1 aliphatic heterocycles. The van der Waals surface area contributed by atoms with Gasteiger partial charge in [0.15, 0.2) is 0 Å². The summed E-state index contributed by atoms with van der Waals surface area (Å²) in [5.41, 5.74) is 4.48. The van der Waals surface area contributed by atoms with Crippen LogP contribution in [0.2, 0.25) is 0 Å². The number of ether oxygens (including phenoxy) is 1. The van der Waals surface area contributed by atoms with Crippen molar-refractivity contribution in [2.75, 3.05) is 0 Å². The zero-order valence-electron chi connectivity index (χ0n) is 11.5. The molecule has 2 aromatic rings. The number of carbonyl (C=O) groups is 1. The first-order valence-corrected chi connectivity index (χ1v) is 6.63. The maximum atomic E-state index is 11.8. The molecule has 0 bridgehead atoms. The number of aliphatic carboxylic acids is 1. The van der Waals surface area contributed by atoms with E-state index in [1.54, 1.807) is 0 Å². The van der Waals surface area contributed by atoms with E-state index in [2.05, 4.69) is 0 Å². The van der Waals surface area contributed by atoms with E-state index in [0.29, 0.717) is 12.4 Å². The summed E-state index contributed by atoms with van der Waals surface area (Å²) in [6.07, 6.45) is 0. The third kappa shape index (κ3) is 1.86. The zero-order valence-corrected chi connectivity index (χ0v) is 11.5. The van der Waals surface area contributed by atoms with Crippen molar-refractivity contribution in [2.45, 2.75) is 26.4 Å². The Morgan fingerprint density at radius 3 is 2.60 bits per heavy atom. The molecule has 3 nitrogen and oxygen atoms in total. The molecule has 0 saturated heterocycles. The molecule has 3 heteroatoms. The van der Waals surface area contributed by atoms with Crippen molar-refractivity contribution in [1.29, 1.82) is 0 Å². The summed E-state index contributed by atoms with van der Waals surface area (Å²) in [6, 6.07) is 11.5. The lowest BCUT2D eigenvalue weighted by Gasteiger charge is -2.18. The fraction of sp³-hybridized carbons (Fsp3) is 0.235. The van der Waals surface area contributed by atoms with Crippen molar-refractivity contribution >= 4 is 5.97 Å². The first-order chi connectivity index (χ1) is 9.59. The van der Waals surface area contributed by atoms with Gasteiger partial charge in [-0.2, -0.15) is 0 Å². The second kappa shape index (κ2) is 4.67. The monoisotopic (exact) mass is 268 g/mol. The number of carboxylic acid groups (broad SMARTS) is 1. The van der Waals surface area contributed by atoms with Crippen LogP contribution in [-0.4, -0.2) is 11.1 Å². The average Bonchev–Trinajstić information content (AvgIpc) is 2.60. The Morgan fingerprint density at radius 1 is 1.15 bits per heavy atom. The Hall–Kier alpha value is -2.29. The molecule has 0 aliphatic carbocycles. The van der Waals surface area contributed by atoms with E-state index < -0.39 is 11.9 Å². The molecule has 1 atom stereocenters. The van der Waals surface area contributed by atoms with Gasteiger partial charge in [0.25, 0.3) is 0 Å². The van der Waals surface area contributed by atoms with Gasteiger partial charge in [-0.1, -0.05) is 36.4 Å². The van der Waals surface area contributed by atoms with Crippen molar-refractivity contribution in [3.05, 3.63) is 64.2 Å². The van der Waals surface area contributed by atoms with Crippen LogP contribution in [0.5, 0.6) is 5.75 Å². The smallest absolute Gasteiger partial charge is 0.315 e. The number of rotatable bonds is 1. The minimum Gasteiger partial charge on any atom is -0.488 e. The van der Waals surface area contributed by atoms with Crippen molar-refractivity contribution in [2.24, 2.45) is 0 Å². The number of benzene rings is 2. The Labute approximate surface area is 117 Å². The number of hydrogen-bond donors (Lipinski definition) is 1. The van der Waals surface area contributed by atoms with Crippen molar-refractivity contribution < 1.29 is 14.6 Å². The number of hydrogen-bond acceptors (Lipinski definition) is 2. The molecule has 0 spiro atoms. The molecule has 1 aliphatic rings. The van der Waals surface area contributed by atoms with Crippen LogP contribution in [0.15, 0.2) is 36.4 Å². The van der Waals surface area contributed by atoms with Gasteiger partial charge in [-0.05, 0) is 36.1 Å². The minimum absolute atomic E-state index is 0.414. The Balaban J connectivity index is 2.33. The van der Waals surface area contributed by atoms with Gasteiger partial charge in [-0.3, -0.25) is 4.79 Å². The lowest BCUT2D eigenvalue weighted by atomic mass is 9.85. The Bertz CT molecular complexity index is 689. The van der Waals surface area contributed by atoms with Gasteiger partial charge in [0.05, 0.1) is 0 Å². The summed E-state index contributed by atoms with van der Waals surface area (Å²) in [5.74, 6) is -0.782. The maximum Gasteiger partial charge on any atom is 0.315 e. The van der Waals surface area contributed by atoms with Crippen LogP contribution >= 0.6 is 0 Å². The molecule has 0 fully saturated rings. The number of fused-ring (bicyclic) bond motifs is 2. The molecule has 0 saturated carbocycles. The topological polar surface area (TPSA) is 46.5 Å². The second-order valence-corrected chi connectivity index (χ2v) is 5.20. The first-order valence-electron chi connectivity index (χ1n) is 6.63. The summed E-state index contributed by atoms with van der Waals surface area (Å²) >= 11 is 0. The van der Waals surface area contributed by atoms with Crippen LogP contribution in [0.1, 0.15) is 33.7 Å². The van der Waals surface area contributed by atoms with E-state index in [0.717, 1.165) is 27.8 Å². The van der Waals surface area contributed by atoms with Gasteiger partial charge in [0, 0.05) is 5.56 Å². The first kappa shape index (κ1) is 12.7. The van der Waals surface area contributed by atoms with Crippen LogP contribution in [-0.2, 0) is 11.4 Å². The molecule has 0 aromatic heterocycles. The van der Waals surface area contributed by atoms with E-state index in [4.69, 9.17) is 4.74 Å². The molecule has 1 heterocycles. The van der Waals surface area contributed by atoms with Crippen LogP contribution in [0.4, 0.5) is 0 Å². The lowest BCUT2D eigenvalue weighted by molar-refractivity contribution is -0.137. The van der Waals surface area contributed by atoms with Gasteiger partial charge in [-0.15, -0.1) is 0 Å². The van der Waals surface area contributed by atoms with Crippen molar-refractivity contribution in [3.8, 4) is 5.75 Å². The maximum absolute atomic E-state index is 11.8. The van der Waals surface area contributed by atoms with Gasteiger partial charge in [0.1, 0.15) is 18.3 Å². The van der Waals surface area contributed by atoms with Crippen LogP contribution in [0, 0.1) is 13.8 Å². The van der Waals surface area contributed by atoms with E-state index in [1.165, 1.54) is 0 Å². The summed E-state index contributed by atoms with van der Waals surface area (Å²) < 4.78 is 5.90. The highest BCUT2D eigenvalue weighted by Crippen LogP contribution is 2.41. The largest absolute Gasteiger partial charge is 0.488 e. The molecule has 3 rings (SSSR count). The van der Waals surface area contributed by atoms with Gasteiger partial charge in [0.2, 0.25) is 0 Å². The summed E-state index contributed by atoms with van der Waals surface area (Å²) in [6.45, 7) is 4.30. The fourth-order valence-electron chi connectivity index (χ4n) is 2.87. The highest BCUT2D eigenvalue weighted by atomic mass is 16.5. The van der Waals surface area contributed by atoms with Crippen LogP contribution in [0.25, 0.3) is 0 Å². The van der Waals surface area contributed by atoms with E-state index >= 15 is 0 Å². The third-order valence-electron chi connectivity index (χ3n) is 3.88. The SMILES string of the molecule is Cc1ccc(C)c2c1OCc1ccccc1C2C(=O)O. The van der Waals surface area contributed by atoms with Crippen LogP contribution in [0.3, 0.4) is 0 Å². The average molecular weight is 268 g/mol. The van der Waals surface area contributed by atoms with Crippen LogP contribution < -0.4 is 4.74 Å². The molecule has 102 valence electrons. The molecule has 20 heavy (non-hydrogen) atoms. The molecular weight excluding hydrogens is 252 g/mol. The van der Waals surface area contributed by atoms with Crippen molar-refractivity contribution in [3.63, 3.8) is 0 Å². The highest BCUT2D eigenvalue weighted by molar-refractivity contribution is 5.83. The third-order valence-corrected chi connectivity index (χ3v) is 3.88. The fourth-order valence-corrected chi connectivity index (χ4v) is 2.87. The molecule has 2 aromatic carbocycles. The normalized spacial score (nSPS) is 16.6. The summed E-state index contributed by atoms with van der Waals surface area (Å²) in [7, 11) is 0. The van der Waals surface area contributed by atoms with Crippen molar-refractivity contribution in [1.82, 2.24) is 0 Å². The second-order valence-electron chi connectivity index (χ2n) is 5.20. The van der Waals surface area contributed by atoms with E-state index in [-0.39, 0.29) is 0 Å². The summed E-state index contributed by atoms with van der Waals surface area (Å²) in [4.78, 5) is 11.8. The molecule has 1 unspecified atom stereocenters. The Kier molecular flexibility index (Phi) is 2.97. The van der Waals surface area contributed by atoms with Gasteiger partial charge >= 0.3 is 5.97 Å².